The molecule has 0 aliphatic carbocycles. The number of hydrogen-bond acceptors (Lipinski definition) is 4. The Hall–Kier alpha value is -2.77. The van der Waals surface area contributed by atoms with Gasteiger partial charge in [0.1, 0.15) is 0 Å². The van der Waals surface area contributed by atoms with Crippen LogP contribution in [0.5, 0.6) is 0 Å². The van der Waals surface area contributed by atoms with Crippen LogP contribution < -0.4 is 16.4 Å². The molecule has 0 aliphatic rings. The van der Waals surface area contributed by atoms with Crippen molar-refractivity contribution < 1.29 is 19.1 Å². The molecule has 26 heavy (non-hydrogen) atoms. The second kappa shape index (κ2) is 8.55. The van der Waals surface area contributed by atoms with Gasteiger partial charge in [0, 0.05) is 5.69 Å². The summed E-state index contributed by atoms with van der Waals surface area (Å²) >= 11 is 11.9. The molecule has 0 fully saturated rings. The summed E-state index contributed by atoms with van der Waals surface area (Å²) in [6, 6.07) is 9.91. The maximum atomic E-state index is 12.2. The minimum atomic E-state index is -1.07. The average molecular weight is 396 g/mol. The zero-order chi connectivity index (χ0) is 19.3. The summed E-state index contributed by atoms with van der Waals surface area (Å²) in [5.41, 5.74) is 5.95. The predicted octanol–water partition coefficient (Wildman–Crippen LogP) is 3.67. The van der Waals surface area contributed by atoms with Crippen LogP contribution in [-0.4, -0.2) is 24.0 Å². The van der Waals surface area contributed by atoms with E-state index in [4.69, 9.17) is 33.7 Å². The van der Waals surface area contributed by atoms with Crippen molar-refractivity contribution in [1.29, 1.82) is 0 Å². The first kappa shape index (κ1) is 19.6. The number of hydrogen-bond donors (Lipinski definition) is 3. The molecule has 0 bridgehead atoms. The van der Waals surface area contributed by atoms with Gasteiger partial charge in [0.25, 0.3) is 5.91 Å². The number of amides is 3. The molecule has 2 rings (SSSR count). The molecule has 9 heteroatoms. The van der Waals surface area contributed by atoms with Crippen LogP contribution in [0, 0.1) is 0 Å². The molecule has 7 nitrogen and oxygen atoms in total. The molecule has 3 amide bonds. The number of primary amides is 1. The highest BCUT2D eigenvalue weighted by Crippen LogP contribution is 2.29. The third-order valence-corrected chi connectivity index (χ3v) is 4.07. The highest BCUT2D eigenvalue weighted by molar-refractivity contribution is 6.44. The van der Waals surface area contributed by atoms with E-state index in [0.717, 1.165) is 0 Å². The van der Waals surface area contributed by atoms with E-state index >= 15 is 0 Å². The third-order valence-electron chi connectivity index (χ3n) is 3.25. The van der Waals surface area contributed by atoms with Gasteiger partial charge in [0.05, 0.1) is 21.3 Å². The maximum Gasteiger partial charge on any atom is 0.338 e. The van der Waals surface area contributed by atoms with Gasteiger partial charge >= 0.3 is 12.0 Å². The van der Waals surface area contributed by atoms with Crippen molar-refractivity contribution in [2.75, 3.05) is 10.6 Å². The standard InChI is InChI=1S/C17H15Cl2N3O4/c1-9(15(23)22-13-4-2-3-12(18)14(13)19)26-16(24)10-5-7-11(8-6-10)21-17(20)25/h2-9H,1H3,(H,22,23)(H3,20,21,25)/t9-/m1/s1. The van der Waals surface area contributed by atoms with Gasteiger partial charge in [-0.3, -0.25) is 4.79 Å². The van der Waals surface area contributed by atoms with Gasteiger partial charge < -0.3 is 21.1 Å². The van der Waals surface area contributed by atoms with Crippen LogP contribution in [0.15, 0.2) is 42.5 Å². The van der Waals surface area contributed by atoms with Crippen molar-refractivity contribution in [2.45, 2.75) is 13.0 Å². The molecule has 4 N–H and O–H groups in total. The number of carbonyl (C=O) groups is 3. The van der Waals surface area contributed by atoms with Crippen LogP contribution in [0.3, 0.4) is 0 Å². The van der Waals surface area contributed by atoms with Crippen LogP contribution >= 0.6 is 23.2 Å². The van der Waals surface area contributed by atoms with Crippen molar-refractivity contribution in [3.63, 3.8) is 0 Å². The second-order valence-corrected chi connectivity index (χ2v) is 5.99. The van der Waals surface area contributed by atoms with Gasteiger partial charge in [0.15, 0.2) is 6.10 Å². The fourth-order valence-electron chi connectivity index (χ4n) is 1.95. The zero-order valence-electron chi connectivity index (χ0n) is 13.6. The topological polar surface area (TPSA) is 111 Å². The van der Waals surface area contributed by atoms with Crippen LogP contribution in [0.4, 0.5) is 16.2 Å². The summed E-state index contributed by atoms with van der Waals surface area (Å²) < 4.78 is 5.12. The summed E-state index contributed by atoms with van der Waals surface area (Å²) in [5.74, 6) is -1.26. The normalized spacial score (nSPS) is 11.3. The Morgan fingerprint density at radius 1 is 1.04 bits per heavy atom. The minimum absolute atomic E-state index is 0.193. The number of anilines is 2. The fourth-order valence-corrected chi connectivity index (χ4v) is 2.30. The molecule has 0 unspecified atom stereocenters. The highest BCUT2D eigenvalue weighted by atomic mass is 35.5. The molecular formula is C17H15Cl2N3O4. The summed E-state index contributed by atoms with van der Waals surface area (Å²) in [6.45, 7) is 1.43. The van der Waals surface area contributed by atoms with Crippen molar-refractivity contribution in [3.8, 4) is 0 Å². The molecule has 136 valence electrons. The number of carbonyl (C=O) groups excluding carboxylic acids is 3. The summed E-state index contributed by atoms with van der Waals surface area (Å²) in [7, 11) is 0. The number of urea groups is 1. The molecule has 0 heterocycles. The van der Waals surface area contributed by atoms with Crippen LogP contribution in [-0.2, 0) is 9.53 Å². The largest absolute Gasteiger partial charge is 0.449 e. The lowest BCUT2D eigenvalue weighted by Gasteiger charge is -2.14. The lowest BCUT2D eigenvalue weighted by Crippen LogP contribution is -2.30. The Kier molecular flexibility index (Phi) is 6.43. The Labute approximate surface area is 159 Å². The van der Waals surface area contributed by atoms with Crippen molar-refractivity contribution in [3.05, 3.63) is 58.1 Å². The summed E-state index contributed by atoms with van der Waals surface area (Å²) in [4.78, 5) is 35.0. The Morgan fingerprint density at radius 3 is 2.31 bits per heavy atom. The molecular weight excluding hydrogens is 381 g/mol. The van der Waals surface area contributed by atoms with Crippen LogP contribution in [0.2, 0.25) is 10.0 Å². The Bertz CT molecular complexity index is 840. The van der Waals surface area contributed by atoms with Crippen molar-refractivity contribution in [1.82, 2.24) is 0 Å². The molecule has 0 aromatic heterocycles. The molecule has 0 aliphatic heterocycles. The van der Waals surface area contributed by atoms with Gasteiger partial charge in [-0.15, -0.1) is 0 Å². The first-order valence-electron chi connectivity index (χ1n) is 7.40. The highest BCUT2D eigenvalue weighted by Gasteiger charge is 2.20. The van der Waals surface area contributed by atoms with Crippen LogP contribution in [0.1, 0.15) is 17.3 Å². The quantitative estimate of drug-likeness (QED) is 0.670. The molecule has 0 radical (unpaired) electrons. The van der Waals surface area contributed by atoms with E-state index in [1.807, 2.05) is 0 Å². The monoisotopic (exact) mass is 395 g/mol. The van der Waals surface area contributed by atoms with Gasteiger partial charge in [-0.05, 0) is 43.3 Å². The zero-order valence-corrected chi connectivity index (χ0v) is 15.1. The van der Waals surface area contributed by atoms with Crippen molar-refractivity contribution >= 4 is 52.5 Å². The second-order valence-electron chi connectivity index (χ2n) is 5.20. The molecule has 2 aromatic carbocycles. The molecule has 2 aromatic rings. The number of esters is 1. The van der Waals surface area contributed by atoms with Gasteiger partial charge in [-0.1, -0.05) is 29.3 Å². The minimum Gasteiger partial charge on any atom is -0.449 e. The number of rotatable bonds is 5. The SMILES string of the molecule is C[C@@H](OC(=O)c1ccc(NC(N)=O)cc1)C(=O)Nc1cccc(Cl)c1Cl. The fraction of sp³-hybridized carbons (Fsp3) is 0.118. The molecule has 0 saturated heterocycles. The van der Waals surface area contributed by atoms with Crippen molar-refractivity contribution in [2.24, 2.45) is 5.73 Å². The smallest absolute Gasteiger partial charge is 0.338 e. The van der Waals surface area contributed by atoms with Gasteiger partial charge in [-0.25, -0.2) is 9.59 Å². The average Bonchev–Trinajstić information content (AvgIpc) is 2.59. The van der Waals surface area contributed by atoms with E-state index in [2.05, 4.69) is 10.6 Å². The number of benzene rings is 2. The number of nitrogens with two attached hydrogens (primary N) is 1. The van der Waals surface area contributed by atoms with E-state index in [9.17, 15) is 14.4 Å². The molecule has 0 saturated carbocycles. The molecule has 0 spiro atoms. The van der Waals surface area contributed by atoms with Gasteiger partial charge in [-0.2, -0.15) is 0 Å². The van der Waals surface area contributed by atoms with E-state index < -0.39 is 24.0 Å². The third kappa shape index (κ3) is 5.11. The van der Waals surface area contributed by atoms with E-state index in [-0.39, 0.29) is 10.6 Å². The lowest BCUT2D eigenvalue weighted by atomic mass is 10.2. The Morgan fingerprint density at radius 2 is 1.69 bits per heavy atom. The molecule has 1 atom stereocenters. The summed E-state index contributed by atoms with van der Waals surface area (Å²) in [5, 5.41) is 5.39. The van der Waals surface area contributed by atoms with E-state index in [0.29, 0.717) is 16.4 Å². The lowest BCUT2D eigenvalue weighted by molar-refractivity contribution is -0.123. The summed E-state index contributed by atoms with van der Waals surface area (Å²) in [6.07, 6.45) is -1.07. The van der Waals surface area contributed by atoms with Crippen LogP contribution in [0.25, 0.3) is 0 Å². The number of nitrogens with one attached hydrogen (secondary N) is 2. The Balaban J connectivity index is 1.98. The first-order chi connectivity index (χ1) is 12.3. The maximum absolute atomic E-state index is 12.2. The number of halogens is 2. The predicted molar refractivity (Wildman–Crippen MR) is 99.6 cm³/mol. The van der Waals surface area contributed by atoms with Gasteiger partial charge in [0.2, 0.25) is 0 Å². The van der Waals surface area contributed by atoms with E-state index in [1.165, 1.54) is 31.2 Å². The first-order valence-corrected chi connectivity index (χ1v) is 8.16. The number of ether oxygens (including phenoxy) is 1. The van der Waals surface area contributed by atoms with E-state index in [1.54, 1.807) is 18.2 Å².